The molecule has 3 rings (SSSR count). The highest BCUT2D eigenvalue weighted by molar-refractivity contribution is 7.92. The number of carbonyl (C=O) groups is 2. The monoisotopic (exact) mass is 555 g/mol. The predicted molar refractivity (Wildman–Crippen MR) is 148 cm³/mol. The highest BCUT2D eigenvalue weighted by Gasteiger charge is 2.33. The van der Waals surface area contributed by atoms with Gasteiger partial charge in [-0.1, -0.05) is 36.8 Å². The van der Waals surface area contributed by atoms with E-state index in [1.54, 1.807) is 69.5 Å². The largest absolute Gasteiger partial charge is 0.497 e. The van der Waals surface area contributed by atoms with Gasteiger partial charge in [0.1, 0.15) is 24.2 Å². The molecule has 0 bridgehead atoms. The Labute approximate surface area is 229 Å². The van der Waals surface area contributed by atoms with Crippen LogP contribution in [0.25, 0.3) is 0 Å². The van der Waals surface area contributed by atoms with Crippen LogP contribution in [0.4, 0.5) is 10.1 Å². The van der Waals surface area contributed by atoms with Gasteiger partial charge in [0.15, 0.2) is 0 Å². The quantitative estimate of drug-likeness (QED) is 0.360. The number of likely N-dealkylation sites (N-methyl/N-ethyl adjacent to an activating group) is 1. The molecule has 8 nitrogen and oxygen atoms in total. The molecule has 0 aliphatic rings. The number of sulfonamides is 1. The number of carbonyl (C=O) groups excluding carboxylic acids is 2. The summed E-state index contributed by atoms with van der Waals surface area (Å²) < 4.78 is 47.2. The first-order valence-electron chi connectivity index (χ1n) is 12.7. The molecule has 208 valence electrons. The average Bonchev–Trinajstić information content (AvgIpc) is 2.92. The molecule has 0 saturated carbocycles. The molecule has 1 unspecified atom stereocenters. The van der Waals surface area contributed by atoms with Gasteiger partial charge in [-0.05, 0) is 74.4 Å². The minimum Gasteiger partial charge on any atom is -0.497 e. The number of hydrogen-bond donors (Lipinski definition) is 1. The van der Waals surface area contributed by atoms with Gasteiger partial charge < -0.3 is 15.0 Å². The van der Waals surface area contributed by atoms with Crippen LogP contribution in [0.3, 0.4) is 0 Å². The van der Waals surface area contributed by atoms with Crippen LogP contribution in [-0.4, -0.2) is 51.4 Å². The summed E-state index contributed by atoms with van der Waals surface area (Å²) in [7, 11) is -2.71. The van der Waals surface area contributed by atoms with Gasteiger partial charge in [0.05, 0.1) is 17.7 Å². The van der Waals surface area contributed by atoms with Gasteiger partial charge >= 0.3 is 0 Å². The fourth-order valence-electron chi connectivity index (χ4n) is 4.11. The van der Waals surface area contributed by atoms with Crippen molar-refractivity contribution in [2.75, 3.05) is 24.5 Å². The molecule has 0 heterocycles. The lowest BCUT2D eigenvalue weighted by Gasteiger charge is -2.33. The van der Waals surface area contributed by atoms with E-state index in [0.29, 0.717) is 18.7 Å². The average molecular weight is 556 g/mol. The van der Waals surface area contributed by atoms with Gasteiger partial charge in [-0.25, -0.2) is 12.8 Å². The molecule has 0 saturated heterocycles. The lowest BCUT2D eigenvalue weighted by molar-refractivity contribution is -0.140. The van der Waals surface area contributed by atoms with Crippen molar-refractivity contribution in [2.45, 2.75) is 44.7 Å². The lowest BCUT2D eigenvalue weighted by Crippen LogP contribution is -2.52. The zero-order valence-corrected chi connectivity index (χ0v) is 23.4. The van der Waals surface area contributed by atoms with Crippen LogP contribution in [0.1, 0.15) is 31.4 Å². The Bertz CT molecular complexity index is 1360. The molecule has 0 spiro atoms. The van der Waals surface area contributed by atoms with E-state index in [9.17, 15) is 22.4 Å². The molecule has 3 aromatic rings. The van der Waals surface area contributed by atoms with E-state index in [-0.39, 0.29) is 23.0 Å². The molecule has 1 atom stereocenters. The molecule has 0 fully saturated rings. The van der Waals surface area contributed by atoms with Crippen molar-refractivity contribution in [3.8, 4) is 5.75 Å². The number of methoxy groups -OCH3 is 1. The molecule has 0 radical (unpaired) electrons. The van der Waals surface area contributed by atoms with Gasteiger partial charge in [-0.15, -0.1) is 0 Å². The third-order valence-corrected chi connectivity index (χ3v) is 8.04. The first-order chi connectivity index (χ1) is 18.6. The Morgan fingerprint density at radius 1 is 0.949 bits per heavy atom. The zero-order chi connectivity index (χ0) is 28.6. The fourth-order valence-corrected chi connectivity index (χ4v) is 5.53. The zero-order valence-electron chi connectivity index (χ0n) is 22.6. The molecule has 0 aliphatic heterocycles. The lowest BCUT2D eigenvalue weighted by atomic mass is 10.1. The van der Waals surface area contributed by atoms with Crippen molar-refractivity contribution in [1.82, 2.24) is 10.2 Å². The number of aryl methyl sites for hydroxylation is 1. The first kappa shape index (κ1) is 29.6. The number of benzene rings is 3. The topological polar surface area (TPSA) is 96.0 Å². The highest BCUT2D eigenvalue weighted by atomic mass is 32.2. The Morgan fingerprint density at radius 2 is 1.56 bits per heavy atom. The van der Waals surface area contributed by atoms with E-state index in [1.165, 1.54) is 4.90 Å². The van der Waals surface area contributed by atoms with Crippen molar-refractivity contribution in [1.29, 1.82) is 0 Å². The van der Waals surface area contributed by atoms with E-state index >= 15 is 0 Å². The van der Waals surface area contributed by atoms with Crippen LogP contribution < -0.4 is 14.4 Å². The van der Waals surface area contributed by atoms with Gasteiger partial charge in [0, 0.05) is 13.1 Å². The summed E-state index contributed by atoms with van der Waals surface area (Å²) in [5.74, 6) is -0.825. The molecule has 0 aliphatic carbocycles. The van der Waals surface area contributed by atoms with Crippen LogP contribution >= 0.6 is 0 Å². The fraction of sp³-hybridized carbons (Fsp3) is 0.310. The molecule has 1 N–H and O–H groups in total. The maximum Gasteiger partial charge on any atom is 0.264 e. The van der Waals surface area contributed by atoms with Crippen LogP contribution in [0.2, 0.25) is 0 Å². The van der Waals surface area contributed by atoms with Gasteiger partial charge in [0.25, 0.3) is 10.0 Å². The third-order valence-electron chi connectivity index (χ3n) is 6.25. The number of nitrogens with one attached hydrogen (secondary N) is 1. The summed E-state index contributed by atoms with van der Waals surface area (Å²) in [4.78, 5) is 28.1. The smallest absolute Gasteiger partial charge is 0.264 e. The van der Waals surface area contributed by atoms with E-state index in [2.05, 4.69) is 5.32 Å². The minimum absolute atomic E-state index is 0.0802. The van der Waals surface area contributed by atoms with Crippen LogP contribution in [0.5, 0.6) is 5.75 Å². The molecule has 10 heteroatoms. The summed E-state index contributed by atoms with van der Waals surface area (Å²) in [6.07, 6.45) is 0.322. The van der Waals surface area contributed by atoms with Gasteiger partial charge in [-0.2, -0.15) is 0 Å². The second kappa shape index (κ2) is 13.2. The Hall–Kier alpha value is -3.92. The summed E-state index contributed by atoms with van der Waals surface area (Å²) >= 11 is 0. The SMILES string of the molecule is CCNC(=O)C(CC)N(Cc1ccc(OC)cc1)C(=O)CN(c1ccc(C)cc1)S(=O)(=O)c1ccc(F)cc1. The molecular formula is C29H34FN3O5S. The summed E-state index contributed by atoms with van der Waals surface area (Å²) in [5.41, 5.74) is 1.93. The number of amides is 2. The van der Waals surface area contributed by atoms with Crippen LogP contribution in [-0.2, 0) is 26.2 Å². The number of halogens is 1. The van der Waals surface area contributed by atoms with Gasteiger partial charge in [-0.3, -0.25) is 13.9 Å². The van der Waals surface area contributed by atoms with Crippen molar-refractivity contribution in [3.05, 3.63) is 89.7 Å². The number of hydrogen-bond acceptors (Lipinski definition) is 5. The van der Waals surface area contributed by atoms with E-state index < -0.39 is 34.3 Å². The van der Waals surface area contributed by atoms with Crippen molar-refractivity contribution in [3.63, 3.8) is 0 Å². The van der Waals surface area contributed by atoms with Gasteiger partial charge in [0.2, 0.25) is 11.8 Å². The molecule has 0 aromatic heterocycles. The van der Waals surface area contributed by atoms with Crippen LogP contribution in [0, 0.1) is 12.7 Å². The van der Waals surface area contributed by atoms with Crippen molar-refractivity contribution >= 4 is 27.5 Å². The van der Waals surface area contributed by atoms with Crippen molar-refractivity contribution < 1.29 is 27.1 Å². The van der Waals surface area contributed by atoms with E-state index in [4.69, 9.17) is 4.74 Å². The summed E-state index contributed by atoms with van der Waals surface area (Å²) in [6, 6.07) is 17.4. The number of rotatable bonds is 12. The maximum atomic E-state index is 13.9. The van der Waals surface area contributed by atoms with Crippen LogP contribution in [0.15, 0.2) is 77.7 Å². The molecular weight excluding hydrogens is 521 g/mol. The molecule has 2 amide bonds. The molecule has 3 aromatic carbocycles. The molecule has 39 heavy (non-hydrogen) atoms. The third kappa shape index (κ3) is 7.35. The Balaban J connectivity index is 2.04. The highest BCUT2D eigenvalue weighted by Crippen LogP contribution is 2.25. The summed E-state index contributed by atoms with van der Waals surface area (Å²) in [6.45, 7) is 5.35. The van der Waals surface area contributed by atoms with Crippen molar-refractivity contribution in [2.24, 2.45) is 0 Å². The Kier molecular flexibility index (Phi) is 10.1. The minimum atomic E-state index is -4.25. The number of ether oxygens (including phenoxy) is 1. The predicted octanol–water partition coefficient (Wildman–Crippen LogP) is 4.28. The second-order valence-electron chi connectivity index (χ2n) is 8.99. The second-order valence-corrected chi connectivity index (χ2v) is 10.9. The standard InChI is InChI=1S/C29H34FN3O5S/c1-5-27(29(35)31-6-2)32(19-22-9-15-25(38-4)16-10-22)28(34)20-33(24-13-7-21(3)8-14-24)39(36,37)26-17-11-23(30)12-18-26/h7-18,27H,5-6,19-20H2,1-4H3,(H,31,35). The maximum absolute atomic E-state index is 13.9. The normalized spacial score (nSPS) is 11.9. The number of anilines is 1. The Morgan fingerprint density at radius 3 is 2.10 bits per heavy atom. The van der Waals surface area contributed by atoms with E-state index in [1.807, 2.05) is 6.92 Å². The summed E-state index contributed by atoms with van der Waals surface area (Å²) in [5, 5.41) is 2.77. The number of nitrogens with zero attached hydrogens (tertiary/aromatic N) is 2. The van der Waals surface area contributed by atoms with E-state index in [0.717, 1.165) is 39.7 Å². The first-order valence-corrected chi connectivity index (χ1v) is 14.1.